The molecule has 6 heteroatoms. The van der Waals surface area contributed by atoms with Crippen LogP contribution < -0.4 is 14.8 Å². The maximum absolute atomic E-state index is 12.6. The molecule has 150 valence electrons. The third-order valence-corrected chi connectivity index (χ3v) is 4.31. The van der Waals surface area contributed by atoms with Crippen molar-refractivity contribution in [3.05, 3.63) is 95.8 Å². The zero-order chi connectivity index (χ0) is 21.2. The second-order valence-electron chi connectivity index (χ2n) is 6.30. The van der Waals surface area contributed by atoms with Crippen LogP contribution in [0.2, 0.25) is 0 Å². The predicted octanol–water partition coefficient (Wildman–Crippen LogP) is 3.91. The van der Waals surface area contributed by atoms with Gasteiger partial charge in [0.2, 0.25) is 5.91 Å². The largest absolute Gasteiger partial charge is 0.493 e. The number of pyridine rings is 1. The molecule has 0 saturated heterocycles. The molecule has 1 atom stereocenters. The standard InChI is InChI=1S/C24H21N3O3/c1-29-22-17-18(10-12-21(22)30-16-14-25)11-13-23(28)27-24(19-7-3-2-4-8-19)20-9-5-6-15-26-20/h2-13,15,17,24H,16H2,1H3,(H,27,28)/b13-11+. The molecule has 1 heterocycles. The van der Waals surface area contributed by atoms with Crippen molar-refractivity contribution < 1.29 is 14.3 Å². The van der Waals surface area contributed by atoms with Crippen LogP contribution in [-0.4, -0.2) is 24.6 Å². The first-order chi connectivity index (χ1) is 14.7. The van der Waals surface area contributed by atoms with Crippen molar-refractivity contribution in [2.24, 2.45) is 0 Å². The van der Waals surface area contributed by atoms with Crippen LogP contribution in [0.25, 0.3) is 6.08 Å². The fourth-order valence-electron chi connectivity index (χ4n) is 2.90. The molecule has 0 bridgehead atoms. The number of nitrogens with zero attached hydrogens (tertiary/aromatic N) is 2. The highest BCUT2D eigenvalue weighted by molar-refractivity contribution is 5.92. The van der Waals surface area contributed by atoms with Crippen molar-refractivity contribution in [1.29, 1.82) is 5.26 Å². The van der Waals surface area contributed by atoms with E-state index in [1.54, 1.807) is 30.5 Å². The van der Waals surface area contributed by atoms with Crippen molar-refractivity contribution in [2.45, 2.75) is 6.04 Å². The Morgan fingerprint density at radius 2 is 1.93 bits per heavy atom. The van der Waals surface area contributed by atoms with Gasteiger partial charge in [0, 0.05) is 12.3 Å². The number of hydrogen-bond acceptors (Lipinski definition) is 5. The van der Waals surface area contributed by atoms with Gasteiger partial charge in [0.25, 0.3) is 0 Å². The molecule has 0 aliphatic heterocycles. The smallest absolute Gasteiger partial charge is 0.244 e. The van der Waals surface area contributed by atoms with Crippen LogP contribution in [0.3, 0.4) is 0 Å². The van der Waals surface area contributed by atoms with Gasteiger partial charge in [-0.25, -0.2) is 0 Å². The second-order valence-corrected chi connectivity index (χ2v) is 6.30. The van der Waals surface area contributed by atoms with Crippen LogP contribution >= 0.6 is 0 Å². The molecule has 2 aromatic carbocycles. The van der Waals surface area contributed by atoms with E-state index in [2.05, 4.69) is 10.3 Å². The summed E-state index contributed by atoms with van der Waals surface area (Å²) in [5, 5.41) is 11.7. The van der Waals surface area contributed by atoms with E-state index in [0.717, 1.165) is 16.8 Å². The van der Waals surface area contributed by atoms with Gasteiger partial charge in [0.1, 0.15) is 6.07 Å². The highest BCUT2D eigenvalue weighted by atomic mass is 16.5. The zero-order valence-electron chi connectivity index (χ0n) is 16.5. The molecule has 30 heavy (non-hydrogen) atoms. The summed E-state index contributed by atoms with van der Waals surface area (Å²) in [6, 6.07) is 22.1. The second kappa shape index (κ2) is 10.4. The first-order valence-corrected chi connectivity index (χ1v) is 9.33. The molecule has 0 saturated carbocycles. The number of amides is 1. The summed E-state index contributed by atoms with van der Waals surface area (Å²) in [6.45, 7) is -0.0671. The molecule has 1 aromatic heterocycles. The molecular formula is C24H21N3O3. The minimum atomic E-state index is -0.360. The normalized spacial score (nSPS) is 11.5. The van der Waals surface area contributed by atoms with Crippen LogP contribution in [0.5, 0.6) is 11.5 Å². The van der Waals surface area contributed by atoms with Gasteiger partial charge < -0.3 is 14.8 Å². The lowest BCUT2D eigenvalue weighted by molar-refractivity contribution is -0.116. The molecule has 0 fully saturated rings. The minimum absolute atomic E-state index is 0.0671. The Morgan fingerprint density at radius 3 is 2.63 bits per heavy atom. The molecule has 6 nitrogen and oxygen atoms in total. The van der Waals surface area contributed by atoms with E-state index in [9.17, 15) is 4.79 Å². The maximum Gasteiger partial charge on any atom is 0.244 e. The fraction of sp³-hybridized carbons (Fsp3) is 0.125. The van der Waals surface area contributed by atoms with Gasteiger partial charge >= 0.3 is 0 Å². The van der Waals surface area contributed by atoms with Crippen molar-refractivity contribution >= 4 is 12.0 Å². The van der Waals surface area contributed by atoms with Crippen molar-refractivity contribution in [3.63, 3.8) is 0 Å². The van der Waals surface area contributed by atoms with Crippen molar-refractivity contribution in [2.75, 3.05) is 13.7 Å². The number of aromatic nitrogens is 1. The first-order valence-electron chi connectivity index (χ1n) is 9.33. The average molecular weight is 399 g/mol. The minimum Gasteiger partial charge on any atom is -0.493 e. The molecule has 1 N–H and O–H groups in total. The van der Waals surface area contributed by atoms with E-state index in [-0.39, 0.29) is 18.6 Å². The van der Waals surface area contributed by atoms with E-state index >= 15 is 0 Å². The third kappa shape index (κ3) is 5.46. The molecule has 0 radical (unpaired) electrons. The number of carbonyl (C=O) groups is 1. The first kappa shape index (κ1) is 20.6. The molecule has 1 amide bonds. The van der Waals surface area contributed by atoms with Gasteiger partial charge in [-0.05, 0) is 41.5 Å². The molecular weight excluding hydrogens is 378 g/mol. The summed E-state index contributed by atoms with van der Waals surface area (Å²) in [7, 11) is 1.52. The number of hydrogen-bond donors (Lipinski definition) is 1. The van der Waals surface area contributed by atoms with E-state index in [4.69, 9.17) is 14.7 Å². The summed E-state index contributed by atoms with van der Waals surface area (Å²) in [5.41, 5.74) is 2.46. The Labute approximate surface area is 175 Å². The number of rotatable bonds is 8. The van der Waals surface area contributed by atoms with Crippen LogP contribution in [-0.2, 0) is 4.79 Å². The van der Waals surface area contributed by atoms with Crippen molar-refractivity contribution in [3.8, 4) is 17.6 Å². The Kier molecular flexibility index (Phi) is 7.17. The number of ether oxygens (including phenoxy) is 2. The van der Waals surface area contributed by atoms with Crippen molar-refractivity contribution in [1.82, 2.24) is 10.3 Å². The highest BCUT2D eigenvalue weighted by Crippen LogP contribution is 2.28. The summed E-state index contributed by atoms with van der Waals surface area (Å²) in [4.78, 5) is 17.0. The molecule has 3 rings (SSSR count). The van der Waals surface area contributed by atoms with Crippen LogP contribution in [0.15, 0.2) is 79.0 Å². The number of methoxy groups -OCH3 is 1. The predicted molar refractivity (Wildman–Crippen MR) is 114 cm³/mol. The number of carbonyl (C=O) groups excluding carboxylic acids is 1. The summed E-state index contributed by atoms with van der Waals surface area (Å²) in [5.74, 6) is 0.710. The van der Waals surface area contributed by atoms with E-state index in [1.165, 1.54) is 13.2 Å². The number of nitrogens with one attached hydrogen (secondary N) is 1. The lowest BCUT2D eigenvalue weighted by Gasteiger charge is -2.18. The van der Waals surface area contributed by atoms with E-state index < -0.39 is 0 Å². The topological polar surface area (TPSA) is 84.2 Å². The summed E-state index contributed by atoms with van der Waals surface area (Å²) >= 11 is 0. The maximum atomic E-state index is 12.6. The lowest BCUT2D eigenvalue weighted by atomic mass is 10.0. The van der Waals surface area contributed by atoms with Gasteiger partial charge in [0.15, 0.2) is 18.1 Å². The summed E-state index contributed by atoms with van der Waals surface area (Å²) < 4.78 is 10.6. The van der Waals surface area contributed by atoms with Gasteiger partial charge in [-0.1, -0.05) is 42.5 Å². The Bertz CT molecular complexity index is 1000. The quantitative estimate of drug-likeness (QED) is 0.581. The average Bonchev–Trinajstić information content (AvgIpc) is 2.81. The van der Waals surface area contributed by atoms with E-state index in [1.807, 2.05) is 54.6 Å². The molecule has 0 aliphatic rings. The molecule has 1 unspecified atom stereocenters. The fourth-order valence-corrected chi connectivity index (χ4v) is 2.90. The zero-order valence-corrected chi connectivity index (χ0v) is 16.5. The molecule has 0 spiro atoms. The van der Waals surface area contributed by atoms with Crippen LogP contribution in [0.1, 0.15) is 22.9 Å². The lowest BCUT2D eigenvalue weighted by Crippen LogP contribution is -2.28. The van der Waals surface area contributed by atoms with Crippen LogP contribution in [0, 0.1) is 11.3 Å². The van der Waals surface area contributed by atoms with Gasteiger partial charge in [-0.2, -0.15) is 5.26 Å². The summed E-state index contributed by atoms with van der Waals surface area (Å²) in [6.07, 6.45) is 4.85. The molecule has 3 aromatic rings. The highest BCUT2D eigenvalue weighted by Gasteiger charge is 2.16. The number of nitriles is 1. The SMILES string of the molecule is COc1cc(/C=C/C(=O)NC(c2ccccc2)c2ccccn2)ccc1OCC#N. The van der Waals surface area contributed by atoms with Gasteiger partial charge in [0.05, 0.1) is 18.8 Å². The van der Waals surface area contributed by atoms with E-state index in [0.29, 0.717) is 11.5 Å². The monoisotopic (exact) mass is 399 g/mol. The van der Waals surface area contributed by atoms with Crippen LogP contribution in [0.4, 0.5) is 0 Å². The number of benzene rings is 2. The Hall–Kier alpha value is -4.11. The Morgan fingerprint density at radius 1 is 1.13 bits per heavy atom. The molecule has 0 aliphatic carbocycles. The third-order valence-electron chi connectivity index (χ3n) is 4.31. The Balaban J connectivity index is 1.76. The van der Waals surface area contributed by atoms with Gasteiger partial charge in [-0.3, -0.25) is 9.78 Å². The van der Waals surface area contributed by atoms with Gasteiger partial charge in [-0.15, -0.1) is 0 Å².